The maximum atomic E-state index is 12.2. The van der Waals surface area contributed by atoms with E-state index in [1.807, 2.05) is 6.92 Å². The third-order valence-corrected chi connectivity index (χ3v) is 3.69. The van der Waals surface area contributed by atoms with Crippen LogP contribution in [0.1, 0.15) is 45.2 Å². The Hall–Kier alpha value is -1.57. The molecule has 0 heterocycles. The van der Waals surface area contributed by atoms with Crippen molar-refractivity contribution in [2.75, 3.05) is 5.32 Å². The number of hydrogen-bond donors (Lipinski definition) is 1. The van der Waals surface area contributed by atoms with Gasteiger partial charge in [-0.1, -0.05) is 19.9 Å². The maximum absolute atomic E-state index is 12.2. The zero-order valence-corrected chi connectivity index (χ0v) is 12.3. The lowest BCUT2D eigenvalue weighted by atomic mass is 9.96. The minimum absolute atomic E-state index is 0.133. The van der Waals surface area contributed by atoms with Crippen LogP contribution in [0.5, 0.6) is 0 Å². The minimum Gasteiger partial charge on any atom is -0.383 e. The van der Waals surface area contributed by atoms with Gasteiger partial charge in [0.2, 0.25) is 0 Å². The molecular weight excluding hydrogens is 234 g/mol. The topological polar surface area (TPSA) is 29.1 Å². The molecule has 0 saturated carbocycles. The Kier molecular flexibility index (Phi) is 4.08. The highest BCUT2D eigenvalue weighted by Crippen LogP contribution is 2.29. The molecule has 19 heavy (non-hydrogen) atoms. The Morgan fingerprint density at radius 2 is 2.05 bits per heavy atom. The number of carbonyl (C=O) groups excluding carboxylic acids is 1. The van der Waals surface area contributed by atoms with Gasteiger partial charge in [-0.25, -0.2) is 0 Å². The molecule has 1 atom stereocenters. The molecule has 1 unspecified atom stereocenters. The monoisotopic (exact) mass is 257 g/mol. The quantitative estimate of drug-likeness (QED) is 0.861. The molecule has 2 heteroatoms. The molecule has 2 rings (SSSR count). The van der Waals surface area contributed by atoms with Crippen molar-refractivity contribution >= 4 is 17.5 Å². The van der Waals surface area contributed by atoms with Gasteiger partial charge in [0.05, 0.1) is 0 Å². The van der Waals surface area contributed by atoms with Crippen LogP contribution in [0, 0.1) is 5.92 Å². The molecule has 0 saturated heterocycles. The number of allylic oxidation sites excluding steroid dienone is 1. The lowest BCUT2D eigenvalue weighted by Gasteiger charge is -2.11. The van der Waals surface area contributed by atoms with E-state index in [0.29, 0.717) is 11.8 Å². The third kappa shape index (κ3) is 3.06. The molecule has 0 amide bonds. The number of anilines is 1. The van der Waals surface area contributed by atoms with Crippen molar-refractivity contribution in [2.45, 2.75) is 46.6 Å². The molecule has 0 bridgehead atoms. The van der Waals surface area contributed by atoms with E-state index in [0.717, 1.165) is 24.1 Å². The lowest BCUT2D eigenvalue weighted by Crippen LogP contribution is -2.12. The number of ketones is 1. The fourth-order valence-electron chi connectivity index (χ4n) is 2.42. The summed E-state index contributed by atoms with van der Waals surface area (Å²) in [6.45, 7) is 8.33. The van der Waals surface area contributed by atoms with Crippen LogP contribution in [-0.4, -0.2) is 11.8 Å². The molecule has 0 aliphatic heterocycles. The number of benzene rings is 1. The molecule has 1 N–H and O–H groups in total. The summed E-state index contributed by atoms with van der Waals surface area (Å²) in [5, 5.41) is 3.40. The Bertz CT molecular complexity index is 514. The fourth-order valence-corrected chi connectivity index (χ4v) is 2.42. The first kappa shape index (κ1) is 13.9. The van der Waals surface area contributed by atoms with Gasteiger partial charge in [-0.05, 0) is 49.6 Å². The van der Waals surface area contributed by atoms with Crippen molar-refractivity contribution < 1.29 is 4.79 Å². The number of carbonyl (C=O) groups is 1. The molecule has 0 aromatic heterocycles. The first-order valence-corrected chi connectivity index (χ1v) is 7.15. The van der Waals surface area contributed by atoms with Crippen LogP contribution in [0.3, 0.4) is 0 Å². The SMILES string of the molecule is CCC(C)C(=O)C1=Cc2cc(NC(C)C)ccc2C1. The Labute approximate surface area is 115 Å². The minimum atomic E-state index is 0.133. The predicted octanol–water partition coefficient (Wildman–Crippen LogP) is 4.06. The van der Waals surface area contributed by atoms with E-state index in [4.69, 9.17) is 0 Å². The van der Waals surface area contributed by atoms with Crippen molar-refractivity contribution in [2.24, 2.45) is 5.92 Å². The van der Waals surface area contributed by atoms with Crippen LogP contribution in [0.25, 0.3) is 6.08 Å². The standard InChI is InChI=1S/C17H23NO/c1-5-12(4)17(19)15-8-13-6-7-16(18-11(2)3)10-14(13)9-15/h6-7,9-12,18H,5,8H2,1-4H3. The summed E-state index contributed by atoms with van der Waals surface area (Å²) >= 11 is 0. The number of rotatable bonds is 5. The molecule has 0 radical (unpaired) electrons. The summed E-state index contributed by atoms with van der Waals surface area (Å²) in [5.41, 5.74) is 4.55. The van der Waals surface area contributed by atoms with Crippen molar-refractivity contribution in [3.8, 4) is 0 Å². The van der Waals surface area contributed by atoms with Crippen molar-refractivity contribution in [1.82, 2.24) is 0 Å². The Balaban J connectivity index is 2.19. The second kappa shape index (κ2) is 5.60. The normalized spacial score (nSPS) is 15.1. The van der Waals surface area contributed by atoms with Gasteiger partial charge in [-0.3, -0.25) is 4.79 Å². The molecule has 1 aliphatic rings. The molecule has 1 aromatic carbocycles. The molecule has 0 spiro atoms. The third-order valence-electron chi connectivity index (χ3n) is 3.69. The number of hydrogen-bond acceptors (Lipinski definition) is 2. The summed E-state index contributed by atoms with van der Waals surface area (Å²) in [6, 6.07) is 6.80. The highest BCUT2D eigenvalue weighted by molar-refractivity contribution is 6.03. The van der Waals surface area contributed by atoms with Gasteiger partial charge in [-0.2, -0.15) is 0 Å². The van der Waals surface area contributed by atoms with E-state index >= 15 is 0 Å². The summed E-state index contributed by atoms with van der Waals surface area (Å²) in [7, 11) is 0. The average Bonchev–Trinajstić information content (AvgIpc) is 2.79. The first-order valence-electron chi connectivity index (χ1n) is 7.15. The van der Waals surface area contributed by atoms with E-state index in [9.17, 15) is 4.79 Å². The van der Waals surface area contributed by atoms with Crippen LogP contribution >= 0.6 is 0 Å². The molecule has 0 fully saturated rings. The summed E-state index contributed by atoms with van der Waals surface area (Å²) in [5.74, 6) is 0.436. The van der Waals surface area contributed by atoms with Crippen LogP contribution in [-0.2, 0) is 11.2 Å². The van der Waals surface area contributed by atoms with E-state index in [2.05, 4.69) is 50.4 Å². The second-order valence-corrected chi connectivity index (χ2v) is 5.73. The highest BCUT2D eigenvalue weighted by Gasteiger charge is 2.21. The van der Waals surface area contributed by atoms with E-state index in [1.54, 1.807) is 0 Å². The second-order valence-electron chi connectivity index (χ2n) is 5.73. The summed E-state index contributed by atoms with van der Waals surface area (Å²) in [4.78, 5) is 12.2. The van der Waals surface area contributed by atoms with E-state index in [-0.39, 0.29) is 5.92 Å². The van der Waals surface area contributed by atoms with Crippen molar-refractivity contribution in [3.63, 3.8) is 0 Å². The molecule has 1 aliphatic carbocycles. The van der Waals surface area contributed by atoms with Gasteiger partial charge < -0.3 is 5.32 Å². The molecule has 2 nitrogen and oxygen atoms in total. The number of nitrogens with one attached hydrogen (secondary N) is 1. The number of fused-ring (bicyclic) bond motifs is 1. The van der Waals surface area contributed by atoms with Crippen LogP contribution < -0.4 is 5.32 Å². The van der Waals surface area contributed by atoms with Gasteiger partial charge in [0.1, 0.15) is 0 Å². The van der Waals surface area contributed by atoms with Crippen LogP contribution in [0.4, 0.5) is 5.69 Å². The van der Waals surface area contributed by atoms with Crippen LogP contribution in [0.2, 0.25) is 0 Å². The number of Topliss-reactive ketones (excluding diaryl/α,β-unsaturated/α-hetero) is 1. The van der Waals surface area contributed by atoms with Gasteiger partial charge in [0, 0.05) is 29.6 Å². The van der Waals surface area contributed by atoms with Crippen molar-refractivity contribution in [1.29, 1.82) is 0 Å². The van der Waals surface area contributed by atoms with E-state index in [1.165, 1.54) is 11.1 Å². The van der Waals surface area contributed by atoms with E-state index < -0.39 is 0 Å². The summed E-state index contributed by atoms with van der Waals surface area (Å²) in [6.07, 6.45) is 3.77. The lowest BCUT2D eigenvalue weighted by molar-refractivity contribution is -0.118. The van der Waals surface area contributed by atoms with Crippen molar-refractivity contribution in [3.05, 3.63) is 34.9 Å². The molecule has 1 aromatic rings. The molecular formula is C17H23NO. The molecule has 102 valence electrons. The van der Waals surface area contributed by atoms with Gasteiger partial charge in [0.25, 0.3) is 0 Å². The summed E-state index contributed by atoms with van der Waals surface area (Å²) < 4.78 is 0. The zero-order valence-electron chi connectivity index (χ0n) is 12.3. The predicted molar refractivity (Wildman–Crippen MR) is 81.3 cm³/mol. The highest BCUT2D eigenvalue weighted by atomic mass is 16.1. The van der Waals surface area contributed by atoms with Crippen LogP contribution in [0.15, 0.2) is 23.8 Å². The van der Waals surface area contributed by atoms with Gasteiger partial charge in [-0.15, -0.1) is 0 Å². The Morgan fingerprint density at radius 3 is 2.68 bits per heavy atom. The zero-order chi connectivity index (χ0) is 14.0. The largest absolute Gasteiger partial charge is 0.383 e. The smallest absolute Gasteiger partial charge is 0.162 e. The first-order chi connectivity index (χ1) is 9.01. The average molecular weight is 257 g/mol. The van der Waals surface area contributed by atoms with Gasteiger partial charge in [0.15, 0.2) is 5.78 Å². The van der Waals surface area contributed by atoms with Gasteiger partial charge >= 0.3 is 0 Å². The maximum Gasteiger partial charge on any atom is 0.162 e. The Morgan fingerprint density at radius 1 is 1.32 bits per heavy atom. The fraction of sp³-hybridized carbons (Fsp3) is 0.471.